The Morgan fingerprint density at radius 3 is 2.57 bits per heavy atom. The Morgan fingerprint density at radius 1 is 1.11 bits per heavy atom. The second-order valence-electron chi connectivity index (χ2n) is 7.76. The number of benzene rings is 1. The molecule has 0 radical (unpaired) electrons. The lowest BCUT2D eigenvalue weighted by atomic mass is 9.99. The fourth-order valence-corrected chi connectivity index (χ4v) is 5.15. The molecule has 0 bridgehead atoms. The molecule has 1 aromatic carbocycles. The number of amides is 2. The average Bonchev–Trinajstić information content (AvgIpc) is 3.17. The molecule has 0 spiro atoms. The molecule has 1 saturated heterocycles. The molecule has 2 aliphatic rings. The molecule has 0 saturated carbocycles. The van der Waals surface area contributed by atoms with E-state index in [1.54, 1.807) is 4.88 Å². The summed E-state index contributed by atoms with van der Waals surface area (Å²) in [5, 5.41) is 4.96. The minimum atomic E-state index is -0.0874. The Hall–Kier alpha value is -2.18. The van der Waals surface area contributed by atoms with E-state index in [1.165, 1.54) is 18.9 Å². The van der Waals surface area contributed by atoms with E-state index < -0.39 is 0 Å². The summed E-state index contributed by atoms with van der Waals surface area (Å²) in [6, 6.07) is 10.4. The van der Waals surface area contributed by atoms with Gasteiger partial charge < -0.3 is 10.2 Å². The molecule has 6 heteroatoms. The fraction of sp³-hybridized carbons (Fsp3) is 0.455. The second-order valence-corrected chi connectivity index (χ2v) is 8.76. The molecule has 4 rings (SSSR count). The molecule has 0 aliphatic carbocycles. The number of carbonyl (C=O) groups is 2. The molecule has 1 fully saturated rings. The number of rotatable bonds is 4. The van der Waals surface area contributed by atoms with E-state index in [0.29, 0.717) is 12.5 Å². The van der Waals surface area contributed by atoms with Gasteiger partial charge in [0.25, 0.3) is 0 Å². The second kappa shape index (κ2) is 8.45. The maximum Gasteiger partial charge on any atom is 0.226 e. The van der Waals surface area contributed by atoms with Crippen molar-refractivity contribution in [3.8, 4) is 0 Å². The molecule has 2 amide bonds. The maximum atomic E-state index is 12.7. The molecular weight excluding hydrogens is 370 g/mol. The number of carbonyl (C=O) groups excluding carboxylic acids is 2. The Bertz CT molecular complexity index is 838. The van der Waals surface area contributed by atoms with E-state index in [4.69, 9.17) is 0 Å². The number of anilines is 1. The highest BCUT2D eigenvalue weighted by Gasteiger charge is 2.29. The van der Waals surface area contributed by atoms with Gasteiger partial charge in [-0.15, -0.1) is 11.3 Å². The minimum absolute atomic E-state index is 0.0874. The highest BCUT2D eigenvalue weighted by Crippen LogP contribution is 2.28. The van der Waals surface area contributed by atoms with Crippen LogP contribution in [0.2, 0.25) is 0 Å². The van der Waals surface area contributed by atoms with Crippen molar-refractivity contribution in [3.05, 3.63) is 51.7 Å². The molecular formula is C22H27N3O2S. The zero-order chi connectivity index (χ0) is 19.5. The zero-order valence-corrected chi connectivity index (χ0v) is 17.1. The Morgan fingerprint density at radius 2 is 1.86 bits per heavy atom. The fourth-order valence-electron chi connectivity index (χ4n) is 4.26. The molecule has 0 unspecified atom stereocenters. The summed E-state index contributed by atoms with van der Waals surface area (Å²) < 4.78 is 0. The van der Waals surface area contributed by atoms with Crippen LogP contribution in [-0.2, 0) is 29.0 Å². The van der Waals surface area contributed by atoms with E-state index in [1.807, 2.05) is 40.5 Å². The smallest absolute Gasteiger partial charge is 0.226 e. The van der Waals surface area contributed by atoms with E-state index in [0.717, 1.165) is 50.3 Å². The van der Waals surface area contributed by atoms with Crippen molar-refractivity contribution in [1.82, 2.24) is 9.80 Å². The summed E-state index contributed by atoms with van der Waals surface area (Å²) >= 11 is 1.88. The predicted octanol–water partition coefficient (Wildman–Crippen LogP) is 3.30. The first-order valence-corrected chi connectivity index (χ1v) is 10.9. The van der Waals surface area contributed by atoms with Gasteiger partial charge in [-0.2, -0.15) is 0 Å². The van der Waals surface area contributed by atoms with Crippen LogP contribution in [0.3, 0.4) is 0 Å². The lowest BCUT2D eigenvalue weighted by Crippen LogP contribution is -2.48. The monoisotopic (exact) mass is 397 g/mol. The van der Waals surface area contributed by atoms with E-state index in [-0.39, 0.29) is 11.8 Å². The third-order valence-corrected chi connectivity index (χ3v) is 6.82. The van der Waals surface area contributed by atoms with Gasteiger partial charge in [-0.05, 0) is 54.0 Å². The SMILES string of the molecule is CC(=O)Nc1ccc(CC(=O)N2CCC(N3CCc4sccc4C3)CC2)cc1. The van der Waals surface area contributed by atoms with Gasteiger partial charge in [0, 0.05) is 49.7 Å². The summed E-state index contributed by atoms with van der Waals surface area (Å²) in [5.41, 5.74) is 3.25. The molecule has 1 aromatic heterocycles. The van der Waals surface area contributed by atoms with Crippen LogP contribution in [0.4, 0.5) is 5.69 Å². The van der Waals surface area contributed by atoms with Gasteiger partial charge in [0.2, 0.25) is 11.8 Å². The van der Waals surface area contributed by atoms with Crippen molar-refractivity contribution in [2.45, 2.75) is 45.2 Å². The van der Waals surface area contributed by atoms with Crippen LogP contribution in [0.5, 0.6) is 0 Å². The van der Waals surface area contributed by atoms with Crippen molar-refractivity contribution in [1.29, 1.82) is 0 Å². The highest BCUT2D eigenvalue weighted by molar-refractivity contribution is 7.10. The minimum Gasteiger partial charge on any atom is -0.342 e. The number of hydrogen-bond donors (Lipinski definition) is 1. The van der Waals surface area contributed by atoms with Crippen LogP contribution in [0, 0.1) is 0 Å². The third-order valence-electron chi connectivity index (χ3n) is 5.80. The first-order chi connectivity index (χ1) is 13.6. The molecule has 0 atom stereocenters. The van der Waals surface area contributed by atoms with Crippen molar-refractivity contribution in [2.75, 3.05) is 25.0 Å². The number of nitrogens with one attached hydrogen (secondary N) is 1. The molecule has 5 nitrogen and oxygen atoms in total. The normalized spacial score (nSPS) is 18.0. The lowest BCUT2D eigenvalue weighted by Gasteiger charge is -2.40. The Kier molecular flexibility index (Phi) is 5.78. The van der Waals surface area contributed by atoms with E-state index >= 15 is 0 Å². The van der Waals surface area contributed by atoms with E-state index in [9.17, 15) is 9.59 Å². The molecule has 28 heavy (non-hydrogen) atoms. The van der Waals surface area contributed by atoms with Crippen molar-refractivity contribution in [3.63, 3.8) is 0 Å². The van der Waals surface area contributed by atoms with Crippen molar-refractivity contribution >= 4 is 28.8 Å². The van der Waals surface area contributed by atoms with Crippen LogP contribution >= 0.6 is 11.3 Å². The summed E-state index contributed by atoms with van der Waals surface area (Å²) in [4.78, 5) is 30.0. The number of thiophene rings is 1. The summed E-state index contributed by atoms with van der Waals surface area (Å²) in [5.74, 6) is 0.111. The summed E-state index contributed by atoms with van der Waals surface area (Å²) in [6.07, 6.45) is 3.72. The molecule has 148 valence electrons. The highest BCUT2D eigenvalue weighted by atomic mass is 32.1. The number of fused-ring (bicyclic) bond motifs is 1. The topological polar surface area (TPSA) is 52.7 Å². The maximum absolute atomic E-state index is 12.7. The van der Waals surface area contributed by atoms with Gasteiger partial charge in [-0.1, -0.05) is 12.1 Å². The first-order valence-electron chi connectivity index (χ1n) is 10.0. The molecule has 1 N–H and O–H groups in total. The summed E-state index contributed by atoms with van der Waals surface area (Å²) in [7, 11) is 0. The number of nitrogens with zero attached hydrogens (tertiary/aromatic N) is 2. The van der Waals surface area contributed by atoms with Crippen LogP contribution in [-0.4, -0.2) is 47.3 Å². The largest absolute Gasteiger partial charge is 0.342 e. The van der Waals surface area contributed by atoms with Crippen molar-refractivity contribution in [2.24, 2.45) is 0 Å². The van der Waals surface area contributed by atoms with Gasteiger partial charge in [0.1, 0.15) is 0 Å². The van der Waals surface area contributed by atoms with Gasteiger partial charge in [-0.3, -0.25) is 14.5 Å². The van der Waals surface area contributed by atoms with Gasteiger partial charge in [0.15, 0.2) is 0 Å². The molecule has 2 aromatic rings. The standard InChI is InChI=1S/C22H27N3O2S/c1-16(26)23-19-4-2-17(3-5-19)14-22(27)24-10-6-20(7-11-24)25-12-8-21-18(15-25)9-13-28-21/h2-5,9,13,20H,6-8,10-12,14-15H2,1H3,(H,23,26). The van der Waals surface area contributed by atoms with Crippen molar-refractivity contribution < 1.29 is 9.59 Å². The number of hydrogen-bond acceptors (Lipinski definition) is 4. The Balaban J connectivity index is 1.26. The zero-order valence-electron chi connectivity index (χ0n) is 16.3. The first kappa shape index (κ1) is 19.2. The van der Waals surface area contributed by atoms with Gasteiger partial charge in [-0.25, -0.2) is 0 Å². The summed E-state index contributed by atoms with van der Waals surface area (Å²) in [6.45, 7) is 5.40. The molecule has 3 heterocycles. The van der Waals surface area contributed by atoms with E-state index in [2.05, 4.69) is 21.7 Å². The third kappa shape index (κ3) is 4.45. The number of likely N-dealkylation sites (tertiary alicyclic amines) is 1. The molecule has 2 aliphatic heterocycles. The van der Waals surface area contributed by atoms with Gasteiger partial charge in [0.05, 0.1) is 6.42 Å². The van der Waals surface area contributed by atoms with Crippen LogP contribution < -0.4 is 5.32 Å². The predicted molar refractivity (Wildman–Crippen MR) is 112 cm³/mol. The van der Waals surface area contributed by atoms with Gasteiger partial charge >= 0.3 is 0 Å². The lowest BCUT2D eigenvalue weighted by molar-refractivity contribution is -0.132. The van der Waals surface area contributed by atoms with Crippen LogP contribution in [0.1, 0.15) is 35.8 Å². The quantitative estimate of drug-likeness (QED) is 0.861. The average molecular weight is 398 g/mol. The number of piperidine rings is 1. The van der Waals surface area contributed by atoms with Crippen LogP contribution in [0.25, 0.3) is 0 Å². The van der Waals surface area contributed by atoms with Crippen LogP contribution in [0.15, 0.2) is 35.7 Å². The Labute approximate surface area is 170 Å².